The number of hydrogen-bond acceptors (Lipinski definition) is 9. The largest absolute Gasteiger partial charge is 0.471 e. The minimum Gasteiger partial charge on any atom is -0.471 e. The normalized spacial score (nSPS) is 14.4. The molecule has 3 aromatic heterocycles. The summed E-state index contributed by atoms with van der Waals surface area (Å²) in [4.78, 5) is 12.3. The van der Waals surface area contributed by atoms with Crippen LogP contribution in [0.3, 0.4) is 0 Å². The van der Waals surface area contributed by atoms with Crippen molar-refractivity contribution in [3.63, 3.8) is 0 Å². The number of aryl methyl sites for hydroxylation is 1. The lowest BCUT2D eigenvalue weighted by atomic mass is 10.1. The second-order valence-corrected chi connectivity index (χ2v) is 7.03. The number of halogens is 1. The summed E-state index contributed by atoms with van der Waals surface area (Å²) in [5, 5.41) is 22.7. The van der Waals surface area contributed by atoms with Gasteiger partial charge in [-0.25, -0.2) is 4.39 Å². The first-order valence-electron chi connectivity index (χ1n) is 9.83. The van der Waals surface area contributed by atoms with Gasteiger partial charge in [-0.15, -0.1) is 15.3 Å². The lowest BCUT2D eigenvalue weighted by Gasteiger charge is -2.22. The molecule has 31 heavy (non-hydrogen) atoms. The van der Waals surface area contributed by atoms with Crippen LogP contribution in [0.5, 0.6) is 5.88 Å². The Bertz CT molecular complexity index is 1020. The Morgan fingerprint density at radius 1 is 1.16 bits per heavy atom. The summed E-state index contributed by atoms with van der Waals surface area (Å²) in [6, 6.07) is 6.60. The summed E-state index contributed by atoms with van der Waals surface area (Å²) in [7, 11) is 0. The average molecular weight is 428 g/mol. The standard InChI is InChI=1S/C20H21FN6O4/c1-12-2-3-15(24-23-12)19-14(17(10-21)31-27-19)11-30-18-5-4-16(25-26-18)20(28)22-13-6-8-29-9-7-13/h2-5,13H,6-11H2,1H3,(H,22,28). The lowest BCUT2D eigenvalue weighted by molar-refractivity contribution is 0.0693. The maximum absolute atomic E-state index is 13.3. The first-order chi connectivity index (χ1) is 15.1. The number of ether oxygens (including phenoxy) is 2. The summed E-state index contributed by atoms with van der Waals surface area (Å²) in [6.45, 7) is 2.16. The highest BCUT2D eigenvalue weighted by Crippen LogP contribution is 2.25. The zero-order valence-corrected chi connectivity index (χ0v) is 16.9. The number of nitrogens with one attached hydrogen (secondary N) is 1. The van der Waals surface area contributed by atoms with Crippen LogP contribution in [0.1, 0.15) is 40.3 Å². The second kappa shape index (κ2) is 9.56. The van der Waals surface area contributed by atoms with Crippen molar-refractivity contribution < 1.29 is 23.2 Å². The number of rotatable bonds is 7. The molecule has 3 aromatic rings. The number of alkyl halides is 1. The Labute approximate surface area is 177 Å². The van der Waals surface area contributed by atoms with E-state index in [-0.39, 0.29) is 35.9 Å². The molecule has 1 aliphatic heterocycles. The summed E-state index contributed by atoms with van der Waals surface area (Å²) in [5.74, 6) is -0.0858. The van der Waals surface area contributed by atoms with Crippen molar-refractivity contribution in [1.82, 2.24) is 30.9 Å². The number of hydrogen-bond donors (Lipinski definition) is 1. The number of amides is 1. The molecular formula is C20H21FN6O4. The van der Waals surface area contributed by atoms with Crippen LogP contribution in [0, 0.1) is 6.92 Å². The zero-order valence-electron chi connectivity index (χ0n) is 16.9. The number of aromatic nitrogens is 5. The molecule has 0 radical (unpaired) electrons. The van der Waals surface area contributed by atoms with Crippen molar-refractivity contribution in [3.05, 3.63) is 47.0 Å². The van der Waals surface area contributed by atoms with Gasteiger partial charge in [0.2, 0.25) is 5.88 Å². The van der Waals surface area contributed by atoms with Gasteiger partial charge in [-0.05, 0) is 38.0 Å². The SMILES string of the molecule is Cc1ccc(-c2noc(CF)c2COc2ccc(C(=O)NC3CCOCC3)nn2)nn1. The zero-order chi connectivity index (χ0) is 21.6. The highest BCUT2D eigenvalue weighted by molar-refractivity contribution is 5.92. The van der Waals surface area contributed by atoms with Gasteiger partial charge >= 0.3 is 0 Å². The maximum atomic E-state index is 13.3. The van der Waals surface area contributed by atoms with Gasteiger partial charge in [-0.1, -0.05) is 5.16 Å². The van der Waals surface area contributed by atoms with Gasteiger partial charge in [0.1, 0.15) is 18.0 Å². The Hall–Kier alpha value is -3.47. The molecule has 4 heterocycles. The molecule has 0 bridgehead atoms. The van der Waals surface area contributed by atoms with Gasteiger partial charge < -0.3 is 19.3 Å². The van der Waals surface area contributed by atoms with Gasteiger partial charge in [0.15, 0.2) is 18.1 Å². The van der Waals surface area contributed by atoms with E-state index in [4.69, 9.17) is 14.0 Å². The van der Waals surface area contributed by atoms with Crippen molar-refractivity contribution >= 4 is 5.91 Å². The first-order valence-corrected chi connectivity index (χ1v) is 9.83. The minimum absolute atomic E-state index is 0.0396. The predicted molar refractivity (Wildman–Crippen MR) is 105 cm³/mol. The van der Waals surface area contributed by atoms with E-state index in [1.165, 1.54) is 12.1 Å². The molecule has 1 saturated heterocycles. The van der Waals surface area contributed by atoms with E-state index in [1.54, 1.807) is 12.1 Å². The third-order valence-corrected chi connectivity index (χ3v) is 4.83. The predicted octanol–water partition coefficient (Wildman–Crippen LogP) is 2.19. The molecule has 0 unspecified atom stereocenters. The molecule has 162 valence electrons. The Kier molecular flexibility index (Phi) is 6.41. The van der Waals surface area contributed by atoms with Crippen LogP contribution in [-0.2, 0) is 18.0 Å². The molecule has 0 atom stereocenters. The van der Waals surface area contributed by atoms with Crippen molar-refractivity contribution in [2.24, 2.45) is 0 Å². The van der Waals surface area contributed by atoms with E-state index in [0.29, 0.717) is 30.2 Å². The third-order valence-electron chi connectivity index (χ3n) is 4.83. The molecule has 1 N–H and O–H groups in total. The third kappa shape index (κ3) is 5.00. The smallest absolute Gasteiger partial charge is 0.272 e. The van der Waals surface area contributed by atoms with Gasteiger partial charge in [0, 0.05) is 25.3 Å². The Morgan fingerprint density at radius 3 is 2.68 bits per heavy atom. The number of carbonyl (C=O) groups excluding carboxylic acids is 1. The average Bonchev–Trinajstić information content (AvgIpc) is 3.22. The molecule has 0 aliphatic carbocycles. The van der Waals surface area contributed by atoms with E-state index in [9.17, 15) is 9.18 Å². The Balaban J connectivity index is 1.42. The van der Waals surface area contributed by atoms with Crippen molar-refractivity contribution in [3.8, 4) is 17.3 Å². The molecule has 0 spiro atoms. The van der Waals surface area contributed by atoms with E-state index >= 15 is 0 Å². The first kappa shape index (κ1) is 20.8. The lowest BCUT2D eigenvalue weighted by Crippen LogP contribution is -2.39. The van der Waals surface area contributed by atoms with Gasteiger partial charge in [-0.2, -0.15) is 5.10 Å². The molecular weight excluding hydrogens is 407 g/mol. The molecule has 0 saturated carbocycles. The summed E-state index contributed by atoms with van der Waals surface area (Å²) in [6.07, 6.45) is 1.54. The fourth-order valence-corrected chi connectivity index (χ4v) is 3.09. The molecule has 1 aliphatic rings. The van der Waals surface area contributed by atoms with Crippen molar-refractivity contribution in [2.75, 3.05) is 13.2 Å². The van der Waals surface area contributed by atoms with Gasteiger partial charge in [-0.3, -0.25) is 4.79 Å². The second-order valence-electron chi connectivity index (χ2n) is 7.03. The summed E-state index contributed by atoms with van der Waals surface area (Å²) >= 11 is 0. The monoisotopic (exact) mass is 428 g/mol. The van der Waals surface area contributed by atoms with Crippen LogP contribution in [0.25, 0.3) is 11.4 Å². The highest BCUT2D eigenvalue weighted by atomic mass is 19.1. The molecule has 4 rings (SSSR count). The van der Waals surface area contributed by atoms with Crippen LogP contribution in [0.2, 0.25) is 0 Å². The maximum Gasteiger partial charge on any atom is 0.272 e. The summed E-state index contributed by atoms with van der Waals surface area (Å²) in [5.41, 5.74) is 2.12. The fourth-order valence-electron chi connectivity index (χ4n) is 3.09. The quantitative estimate of drug-likeness (QED) is 0.603. The van der Waals surface area contributed by atoms with Crippen molar-refractivity contribution in [2.45, 2.75) is 39.1 Å². The number of carbonyl (C=O) groups is 1. The van der Waals surface area contributed by atoms with E-state index < -0.39 is 6.67 Å². The van der Waals surface area contributed by atoms with Crippen LogP contribution < -0.4 is 10.1 Å². The molecule has 10 nitrogen and oxygen atoms in total. The van der Waals surface area contributed by atoms with Gasteiger partial charge in [0.25, 0.3) is 5.91 Å². The summed E-state index contributed by atoms with van der Waals surface area (Å²) < 4.78 is 29.3. The van der Waals surface area contributed by atoms with Crippen LogP contribution in [0.4, 0.5) is 4.39 Å². The highest BCUT2D eigenvalue weighted by Gasteiger charge is 2.21. The van der Waals surface area contributed by atoms with Crippen LogP contribution >= 0.6 is 0 Å². The van der Waals surface area contributed by atoms with E-state index in [2.05, 4.69) is 30.9 Å². The van der Waals surface area contributed by atoms with Gasteiger partial charge in [0.05, 0.1) is 11.3 Å². The topological polar surface area (TPSA) is 125 Å². The molecule has 0 aromatic carbocycles. The van der Waals surface area contributed by atoms with Crippen molar-refractivity contribution in [1.29, 1.82) is 0 Å². The fraction of sp³-hybridized carbons (Fsp3) is 0.400. The van der Waals surface area contributed by atoms with E-state index in [1.807, 2.05) is 6.92 Å². The molecule has 11 heteroatoms. The van der Waals surface area contributed by atoms with Crippen LogP contribution in [0.15, 0.2) is 28.8 Å². The minimum atomic E-state index is -0.845. The molecule has 1 fully saturated rings. The van der Waals surface area contributed by atoms with Crippen LogP contribution in [-0.4, -0.2) is 50.7 Å². The Morgan fingerprint density at radius 2 is 2.00 bits per heavy atom. The number of nitrogens with zero attached hydrogens (tertiary/aromatic N) is 5. The molecule has 1 amide bonds. The van der Waals surface area contributed by atoms with E-state index in [0.717, 1.165) is 18.5 Å².